The minimum atomic E-state index is -4.14. The van der Waals surface area contributed by atoms with E-state index in [1.165, 1.54) is 6.20 Å². The van der Waals surface area contributed by atoms with Crippen molar-refractivity contribution in [1.82, 2.24) is 14.5 Å². The summed E-state index contributed by atoms with van der Waals surface area (Å²) in [6.45, 7) is 0.615. The zero-order valence-corrected chi connectivity index (χ0v) is 11.3. The molecule has 0 radical (unpaired) electrons. The largest absolute Gasteiger partial charge is 0.324 e. The zero-order chi connectivity index (χ0) is 14.9. The summed E-state index contributed by atoms with van der Waals surface area (Å²) in [6, 6.07) is 1.66. The number of hydrogen-bond acceptors (Lipinski definition) is 2. The highest BCUT2D eigenvalue weighted by Gasteiger charge is 2.42. The monoisotopic (exact) mass is 309 g/mol. The van der Waals surface area contributed by atoms with Gasteiger partial charge in [0.25, 0.3) is 0 Å². The molecule has 0 bridgehead atoms. The van der Waals surface area contributed by atoms with Gasteiger partial charge in [0.05, 0.1) is 6.54 Å². The Morgan fingerprint density at radius 3 is 2.70 bits per heavy atom. The highest BCUT2D eigenvalue weighted by atomic mass is 35.5. The van der Waals surface area contributed by atoms with E-state index in [4.69, 9.17) is 11.6 Å². The van der Waals surface area contributed by atoms with Crippen molar-refractivity contribution in [2.24, 2.45) is 0 Å². The molecule has 0 saturated carbocycles. The molecule has 0 atom stereocenters. The van der Waals surface area contributed by atoms with Crippen LogP contribution >= 0.6 is 11.6 Å². The number of alkyl halides is 5. The van der Waals surface area contributed by atoms with Crippen LogP contribution in [0.1, 0.15) is 11.4 Å². The number of halogens is 5. The fourth-order valence-electron chi connectivity index (χ4n) is 1.88. The maximum atomic E-state index is 13.3. The van der Waals surface area contributed by atoms with E-state index in [-0.39, 0.29) is 23.8 Å². The predicted octanol–water partition coefficient (Wildman–Crippen LogP) is 3.42. The number of imidazole rings is 1. The number of rotatable bonds is 5. The van der Waals surface area contributed by atoms with Crippen molar-refractivity contribution >= 4 is 22.8 Å². The highest BCUT2D eigenvalue weighted by Crippen LogP contribution is 2.27. The van der Waals surface area contributed by atoms with Gasteiger partial charge in [0, 0.05) is 18.5 Å². The van der Waals surface area contributed by atoms with E-state index in [1.54, 1.807) is 13.0 Å². The summed E-state index contributed by atoms with van der Waals surface area (Å²) in [5.74, 6) is -3.75. The van der Waals surface area contributed by atoms with Crippen LogP contribution in [0.3, 0.4) is 0 Å². The minimum Gasteiger partial charge on any atom is -0.306 e. The van der Waals surface area contributed by atoms with E-state index in [1.807, 2.05) is 0 Å². The zero-order valence-electron chi connectivity index (χ0n) is 10.6. The van der Waals surface area contributed by atoms with Crippen LogP contribution in [-0.4, -0.2) is 32.8 Å². The number of fused-ring (bicyclic) bond motifs is 1. The van der Waals surface area contributed by atoms with Gasteiger partial charge in [-0.25, -0.2) is 18.7 Å². The molecule has 110 valence electrons. The summed E-state index contributed by atoms with van der Waals surface area (Å²) in [6.07, 6.45) is -2.06. The standard InChI is InChI=1S/C12H12ClF4N3/c1-7-4-8-10(18-5-7)20(9(19-8)2-3-13)6-12(16,17)11(14)15/h4-5,11H,2-3,6H2,1H3. The molecule has 0 unspecified atom stereocenters. The third kappa shape index (κ3) is 2.87. The molecule has 0 N–H and O–H groups in total. The minimum absolute atomic E-state index is 0.155. The van der Waals surface area contributed by atoms with Crippen molar-refractivity contribution in [1.29, 1.82) is 0 Å². The fraction of sp³-hybridized carbons (Fsp3) is 0.500. The fourth-order valence-corrected chi connectivity index (χ4v) is 2.05. The lowest BCUT2D eigenvalue weighted by Gasteiger charge is -2.17. The second kappa shape index (κ2) is 5.55. The molecular formula is C12H12ClF4N3. The second-order valence-electron chi connectivity index (χ2n) is 4.47. The quantitative estimate of drug-likeness (QED) is 0.626. The van der Waals surface area contributed by atoms with Crippen molar-refractivity contribution < 1.29 is 17.6 Å². The first kappa shape index (κ1) is 15.0. The SMILES string of the molecule is Cc1cnc2c(c1)nc(CCCl)n2CC(F)(F)C(F)F. The van der Waals surface area contributed by atoms with Gasteiger partial charge >= 0.3 is 12.3 Å². The molecule has 2 heterocycles. The van der Waals surface area contributed by atoms with Crippen molar-refractivity contribution in [2.75, 3.05) is 5.88 Å². The number of aromatic nitrogens is 3. The first-order chi connectivity index (χ1) is 9.35. The van der Waals surface area contributed by atoms with E-state index in [2.05, 4.69) is 9.97 Å². The van der Waals surface area contributed by atoms with Crippen LogP contribution in [0.2, 0.25) is 0 Å². The second-order valence-corrected chi connectivity index (χ2v) is 4.85. The molecule has 0 amide bonds. The summed E-state index contributed by atoms with van der Waals surface area (Å²) >= 11 is 5.59. The molecular weight excluding hydrogens is 298 g/mol. The average molecular weight is 310 g/mol. The highest BCUT2D eigenvalue weighted by molar-refractivity contribution is 6.17. The molecule has 0 aliphatic carbocycles. The van der Waals surface area contributed by atoms with Crippen LogP contribution in [0.25, 0.3) is 11.2 Å². The molecule has 2 aromatic heterocycles. The number of pyridine rings is 1. The first-order valence-electron chi connectivity index (χ1n) is 5.89. The predicted molar refractivity (Wildman–Crippen MR) is 67.6 cm³/mol. The molecule has 0 aliphatic heterocycles. The average Bonchev–Trinajstić information content (AvgIpc) is 2.66. The number of aryl methyl sites for hydroxylation is 2. The Hall–Kier alpha value is -1.37. The van der Waals surface area contributed by atoms with Gasteiger partial charge in [-0.05, 0) is 18.6 Å². The van der Waals surface area contributed by atoms with Gasteiger partial charge in [0.1, 0.15) is 11.3 Å². The van der Waals surface area contributed by atoms with Gasteiger partial charge in [-0.3, -0.25) is 0 Å². The van der Waals surface area contributed by atoms with Crippen molar-refractivity contribution in [3.63, 3.8) is 0 Å². The Morgan fingerprint density at radius 1 is 1.40 bits per heavy atom. The Morgan fingerprint density at radius 2 is 2.10 bits per heavy atom. The van der Waals surface area contributed by atoms with Gasteiger partial charge in [-0.2, -0.15) is 8.78 Å². The lowest BCUT2D eigenvalue weighted by atomic mass is 10.3. The molecule has 20 heavy (non-hydrogen) atoms. The van der Waals surface area contributed by atoms with Gasteiger partial charge in [-0.15, -0.1) is 11.6 Å². The normalized spacial score (nSPS) is 12.6. The van der Waals surface area contributed by atoms with Crippen molar-refractivity contribution in [2.45, 2.75) is 32.2 Å². The molecule has 2 aromatic rings. The molecule has 0 aliphatic rings. The maximum Gasteiger partial charge on any atom is 0.324 e. The van der Waals surface area contributed by atoms with Crippen molar-refractivity contribution in [3.05, 3.63) is 23.7 Å². The lowest BCUT2D eigenvalue weighted by Crippen LogP contribution is -2.32. The summed E-state index contributed by atoms with van der Waals surface area (Å²) in [4.78, 5) is 8.15. The Labute approximate surface area is 117 Å². The first-order valence-corrected chi connectivity index (χ1v) is 6.42. The topological polar surface area (TPSA) is 30.7 Å². The van der Waals surface area contributed by atoms with Crippen LogP contribution in [0.4, 0.5) is 17.6 Å². The lowest BCUT2D eigenvalue weighted by molar-refractivity contribution is -0.137. The van der Waals surface area contributed by atoms with E-state index >= 15 is 0 Å². The molecule has 2 rings (SSSR count). The third-order valence-corrected chi connectivity index (χ3v) is 3.00. The van der Waals surface area contributed by atoms with Crippen LogP contribution < -0.4 is 0 Å². The van der Waals surface area contributed by atoms with E-state index in [0.717, 1.165) is 10.1 Å². The summed E-state index contributed by atoms with van der Waals surface area (Å²) in [5, 5.41) is 0. The molecule has 0 saturated heterocycles. The smallest absolute Gasteiger partial charge is 0.306 e. The van der Waals surface area contributed by atoms with Crippen molar-refractivity contribution in [3.8, 4) is 0 Å². The number of nitrogens with zero attached hydrogens (tertiary/aromatic N) is 3. The molecule has 0 aromatic carbocycles. The third-order valence-electron chi connectivity index (χ3n) is 2.81. The molecule has 3 nitrogen and oxygen atoms in total. The Kier molecular flexibility index (Phi) is 4.17. The number of hydrogen-bond donors (Lipinski definition) is 0. The molecule has 8 heteroatoms. The summed E-state index contributed by atoms with van der Waals surface area (Å²) in [5.41, 5.74) is 1.37. The van der Waals surface area contributed by atoms with E-state index in [9.17, 15) is 17.6 Å². The van der Waals surface area contributed by atoms with Gasteiger partial charge in [0.2, 0.25) is 0 Å². The summed E-state index contributed by atoms with van der Waals surface area (Å²) in [7, 11) is 0. The van der Waals surface area contributed by atoms with Gasteiger partial charge in [0.15, 0.2) is 5.65 Å². The van der Waals surface area contributed by atoms with E-state index < -0.39 is 18.9 Å². The van der Waals surface area contributed by atoms with Crippen LogP contribution in [0.5, 0.6) is 0 Å². The van der Waals surface area contributed by atoms with Gasteiger partial charge < -0.3 is 4.57 Å². The molecule has 0 spiro atoms. The maximum absolute atomic E-state index is 13.3. The van der Waals surface area contributed by atoms with Crippen LogP contribution in [0.15, 0.2) is 12.3 Å². The van der Waals surface area contributed by atoms with E-state index in [0.29, 0.717) is 5.52 Å². The summed E-state index contributed by atoms with van der Waals surface area (Å²) < 4.78 is 52.3. The van der Waals surface area contributed by atoms with Gasteiger partial charge in [-0.1, -0.05) is 0 Å². The molecule has 0 fully saturated rings. The Bertz CT molecular complexity index is 612. The Balaban J connectivity index is 2.51. The van der Waals surface area contributed by atoms with Crippen LogP contribution in [0, 0.1) is 6.92 Å². The van der Waals surface area contributed by atoms with Crippen LogP contribution in [-0.2, 0) is 13.0 Å².